The Hall–Kier alpha value is -3.36. The van der Waals surface area contributed by atoms with E-state index in [1.54, 1.807) is 12.1 Å². The van der Waals surface area contributed by atoms with Gasteiger partial charge >= 0.3 is 5.97 Å². The standard InChI is InChI=1S/C27H23ClO2/c1-5-19-9-8-10-22(13-19)25-14-21(7-3)26(15-23(25)17-28)27-16-24(30-18(4)29)12-11-20(27)6-2/h5-16H,1-3,17H2,4H3. The van der Waals surface area contributed by atoms with Gasteiger partial charge in [-0.05, 0) is 74.8 Å². The average molecular weight is 415 g/mol. The molecule has 0 radical (unpaired) electrons. The smallest absolute Gasteiger partial charge is 0.308 e. The molecule has 3 aromatic carbocycles. The van der Waals surface area contributed by atoms with Gasteiger partial charge in [0.15, 0.2) is 0 Å². The Morgan fingerprint density at radius 2 is 1.63 bits per heavy atom. The summed E-state index contributed by atoms with van der Waals surface area (Å²) in [5.74, 6) is 0.467. The number of halogens is 1. The molecule has 0 heterocycles. The molecule has 0 N–H and O–H groups in total. The van der Waals surface area contributed by atoms with Gasteiger partial charge in [-0.25, -0.2) is 0 Å². The van der Waals surface area contributed by atoms with Crippen molar-refractivity contribution >= 4 is 35.8 Å². The van der Waals surface area contributed by atoms with Crippen molar-refractivity contribution in [2.75, 3.05) is 0 Å². The van der Waals surface area contributed by atoms with Crippen LogP contribution in [0.2, 0.25) is 0 Å². The van der Waals surface area contributed by atoms with Crippen LogP contribution in [-0.4, -0.2) is 5.97 Å². The van der Waals surface area contributed by atoms with Gasteiger partial charge in [0, 0.05) is 12.8 Å². The van der Waals surface area contributed by atoms with E-state index in [1.807, 2.05) is 36.4 Å². The second kappa shape index (κ2) is 9.43. The second-order valence-corrected chi connectivity index (χ2v) is 7.08. The molecule has 150 valence electrons. The van der Waals surface area contributed by atoms with Crippen molar-refractivity contribution in [3.05, 3.63) is 96.6 Å². The molecule has 3 aromatic rings. The lowest BCUT2D eigenvalue weighted by molar-refractivity contribution is -0.131. The van der Waals surface area contributed by atoms with Crippen LogP contribution in [0.3, 0.4) is 0 Å². The zero-order valence-corrected chi connectivity index (χ0v) is 17.7. The van der Waals surface area contributed by atoms with Gasteiger partial charge in [-0.1, -0.05) is 62.2 Å². The lowest BCUT2D eigenvalue weighted by Crippen LogP contribution is -2.02. The molecular formula is C27H23ClO2. The van der Waals surface area contributed by atoms with Crippen molar-refractivity contribution in [2.24, 2.45) is 0 Å². The van der Waals surface area contributed by atoms with E-state index in [0.717, 1.165) is 44.5 Å². The number of benzene rings is 3. The van der Waals surface area contributed by atoms with Crippen LogP contribution in [0.4, 0.5) is 0 Å². The quantitative estimate of drug-likeness (QED) is 0.226. The van der Waals surface area contributed by atoms with Gasteiger partial charge < -0.3 is 4.74 Å². The molecule has 3 rings (SSSR count). The molecule has 3 heteroatoms. The highest BCUT2D eigenvalue weighted by molar-refractivity contribution is 6.17. The molecule has 0 unspecified atom stereocenters. The summed E-state index contributed by atoms with van der Waals surface area (Å²) >= 11 is 6.35. The first-order valence-electron chi connectivity index (χ1n) is 9.54. The number of esters is 1. The first kappa shape index (κ1) is 21.4. The molecule has 0 saturated carbocycles. The van der Waals surface area contributed by atoms with E-state index in [-0.39, 0.29) is 5.97 Å². The van der Waals surface area contributed by atoms with E-state index in [2.05, 4.69) is 44.0 Å². The fourth-order valence-electron chi connectivity index (χ4n) is 3.45. The number of alkyl halides is 1. The number of ether oxygens (including phenoxy) is 1. The van der Waals surface area contributed by atoms with Gasteiger partial charge in [0.2, 0.25) is 0 Å². The van der Waals surface area contributed by atoms with Crippen LogP contribution in [0.15, 0.2) is 74.3 Å². The van der Waals surface area contributed by atoms with E-state index in [9.17, 15) is 4.79 Å². The fourth-order valence-corrected chi connectivity index (χ4v) is 3.67. The summed E-state index contributed by atoms with van der Waals surface area (Å²) in [5, 5.41) is 0. The predicted molar refractivity (Wildman–Crippen MR) is 128 cm³/mol. The van der Waals surface area contributed by atoms with Crippen LogP contribution in [0.25, 0.3) is 40.5 Å². The van der Waals surface area contributed by atoms with Gasteiger partial charge in [0.1, 0.15) is 5.75 Å². The van der Waals surface area contributed by atoms with Crippen LogP contribution in [0.5, 0.6) is 5.75 Å². The van der Waals surface area contributed by atoms with Crippen LogP contribution < -0.4 is 4.74 Å². The molecule has 0 atom stereocenters. The van der Waals surface area contributed by atoms with Gasteiger partial charge in [0.05, 0.1) is 0 Å². The lowest BCUT2D eigenvalue weighted by Gasteiger charge is -2.17. The molecule has 0 aromatic heterocycles. The van der Waals surface area contributed by atoms with Gasteiger partial charge in [-0.3, -0.25) is 4.79 Å². The Labute approximate surface area is 182 Å². The number of rotatable bonds is 7. The number of carbonyl (C=O) groups excluding carboxylic acids is 1. The normalized spacial score (nSPS) is 10.3. The van der Waals surface area contributed by atoms with E-state index >= 15 is 0 Å². The fraction of sp³-hybridized carbons (Fsp3) is 0.0741. The molecule has 0 fully saturated rings. The summed E-state index contributed by atoms with van der Waals surface area (Å²) in [6, 6.07) is 17.8. The first-order chi connectivity index (χ1) is 14.5. The third-order valence-corrected chi connectivity index (χ3v) is 5.16. The highest BCUT2D eigenvalue weighted by Crippen LogP contribution is 2.37. The van der Waals surface area contributed by atoms with Crippen LogP contribution in [0.1, 0.15) is 29.2 Å². The van der Waals surface area contributed by atoms with Crippen LogP contribution >= 0.6 is 11.6 Å². The average Bonchev–Trinajstić information content (AvgIpc) is 2.77. The largest absolute Gasteiger partial charge is 0.427 e. The van der Waals surface area contributed by atoms with Crippen molar-refractivity contribution in [3.63, 3.8) is 0 Å². The predicted octanol–water partition coefficient (Wildman–Crippen LogP) is 7.61. The highest BCUT2D eigenvalue weighted by atomic mass is 35.5. The van der Waals surface area contributed by atoms with E-state index in [0.29, 0.717) is 11.6 Å². The van der Waals surface area contributed by atoms with Crippen molar-refractivity contribution in [2.45, 2.75) is 12.8 Å². The molecule has 30 heavy (non-hydrogen) atoms. The maximum absolute atomic E-state index is 11.4. The molecule has 0 aliphatic heterocycles. The van der Waals surface area contributed by atoms with Crippen LogP contribution in [-0.2, 0) is 10.7 Å². The molecule has 0 aliphatic carbocycles. The Kier molecular flexibility index (Phi) is 6.71. The summed E-state index contributed by atoms with van der Waals surface area (Å²) in [6.07, 6.45) is 5.42. The highest BCUT2D eigenvalue weighted by Gasteiger charge is 2.14. The third kappa shape index (κ3) is 4.45. The number of hydrogen-bond donors (Lipinski definition) is 0. The summed E-state index contributed by atoms with van der Waals surface area (Å²) in [4.78, 5) is 11.4. The first-order valence-corrected chi connectivity index (χ1v) is 10.1. The van der Waals surface area contributed by atoms with Gasteiger partial charge in [0.25, 0.3) is 0 Å². The second-order valence-electron chi connectivity index (χ2n) is 6.81. The zero-order chi connectivity index (χ0) is 21.7. The number of carbonyl (C=O) groups is 1. The molecule has 2 nitrogen and oxygen atoms in total. The SMILES string of the molecule is C=Cc1cccc(-c2cc(C=C)c(-c3cc(OC(C)=O)ccc3C=C)cc2CCl)c1. The minimum Gasteiger partial charge on any atom is -0.427 e. The molecule has 0 bridgehead atoms. The van der Waals surface area contributed by atoms with E-state index in [4.69, 9.17) is 16.3 Å². The summed E-state index contributed by atoms with van der Waals surface area (Å²) in [7, 11) is 0. The Bertz CT molecular complexity index is 1140. The molecule has 0 spiro atoms. The third-order valence-electron chi connectivity index (χ3n) is 4.87. The van der Waals surface area contributed by atoms with Crippen molar-refractivity contribution in [1.29, 1.82) is 0 Å². The summed E-state index contributed by atoms with van der Waals surface area (Å²) in [6.45, 7) is 13.2. The maximum Gasteiger partial charge on any atom is 0.308 e. The van der Waals surface area contributed by atoms with Crippen molar-refractivity contribution < 1.29 is 9.53 Å². The molecule has 0 saturated heterocycles. The molecular weight excluding hydrogens is 392 g/mol. The van der Waals surface area contributed by atoms with Crippen molar-refractivity contribution in [1.82, 2.24) is 0 Å². The van der Waals surface area contributed by atoms with E-state index in [1.165, 1.54) is 6.92 Å². The van der Waals surface area contributed by atoms with Gasteiger partial charge in [-0.2, -0.15) is 0 Å². The Morgan fingerprint density at radius 3 is 2.27 bits per heavy atom. The minimum absolute atomic E-state index is 0.352. The van der Waals surface area contributed by atoms with E-state index < -0.39 is 0 Å². The lowest BCUT2D eigenvalue weighted by atomic mass is 9.89. The minimum atomic E-state index is -0.366. The molecule has 0 aliphatic rings. The Balaban J connectivity index is 2.24. The zero-order valence-electron chi connectivity index (χ0n) is 17.0. The molecule has 0 amide bonds. The number of hydrogen-bond acceptors (Lipinski definition) is 2. The Morgan fingerprint density at radius 1 is 0.900 bits per heavy atom. The topological polar surface area (TPSA) is 26.3 Å². The van der Waals surface area contributed by atoms with Crippen molar-refractivity contribution in [3.8, 4) is 28.0 Å². The van der Waals surface area contributed by atoms with Gasteiger partial charge in [-0.15, -0.1) is 11.6 Å². The maximum atomic E-state index is 11.4. The summed E-state index contributed by atoms with van der Waals surface area (Å²) < 4.78 is 5.29. The monoisotopic (exact) mass is 414 g/mol. The summed E-state index contributed by atoms with van der Waals surface area (Å²) in [5.41, 5.74) is 7.87. The van der Waals surface area contributed by atoms with Crippen LogP contribution in [0, 0.1) is 0 Å².